The number of anilines is 1. The summed E-state index contributed by atoms with van der Waals surface area (Å²) in [7, 11) is -0.686. The van der Waals surface area contributed by atoms with Gasteiger partial charge in [-0.3, -0.25) is 4.79 Å². The fourth-order valence-electron chi connectivity index (χ4n) is 2.78. The van der Waals surface area contributed by atoms with E-state index in [4.69, 9.17) is 14.0 Å². The van der Waals surface area contributed by atoms with Gasteiger partial charge < -0.3 is 19.4 Å². The zero-order chi connectivity index (χ0) is 18.4. The molecule has 1 saturated heterocycles. The van der Waals surface area contributed by atoms with Crippen LogP contribution in [0.5, 0.6) is 5.75 Å². The van der Waals surface area contributed by atoms with Crippen molar-refractivity contribution in [3.8, 4) is 5.75 Å². The second-order valence-electron chi connectivity index (χ2n) is 7.82. The lowest BCUT2D eigenvalue weighted by Gasteiger charge is -2.32. The van der Waals surface area contributed by atoms with Gasteiger partial charge >= 0.3 is 7.12 Å². The maximum absolute atomic E-state index is 14.7. The number of ether oxygens (including phenoxy) is 1. The van der Waals surface area contributed by atoms with Crippen LogP contribution in [-0.4, -0.2) is 30.3 Å². The minimum atomic E-state index is -0.686. The molecule has 1 amide bonds. The third-order valence-corrected chi connectivity index (χ3v) is 5.25. The number of halogens is 1. The molecular weight excluding hydrogens is 324 g/mol. The molecule has 25 heavy (non-hydrogen) atoms. The fraction of sp³-hybridized carbons (Fsp3) is 0.611. The second kappa shape index (κ2) is 6.29. The highest BCUT2D eigenvalue weighted by atomic mass is 19.1. The van der Waals surface area contributed by atoms with Crippen LogP contribution >= 0.6 is 0 Å². The van der Waals surface area contributed by atoms with E-state index in [0.717, 1.165) is 19.3 Å². The average molecular weight is 349 g/mol. The number of rotatable bonds is 4. The van der Waals surface area contributed by atoms with Crippen LogP contribution in [0.1, 0.15) is 53.9 Å². The largest absolute Gasteiger partial charge is 0.495 e. The molecule has 0 spiro atoms. The van der Waals surface area contributed by atoms with Crippen molar-refractivity contribution in [1.29, 1.82) is 0 Å². The number of hydrogen-bond donors (Lipinski definition) is 1. The molecule has 2 fully saturated rings. The summed E-state index contributed by atoms with van der Waals surface area (Å²) in [6.07, 6.45) is 3.02. The molecule has 5 nitrogen and oxygen atoms in total. The van der Waals surface area contributed by atoms with Crippen LogP contribution in [0.15, 0.2) is 12.1 Å². The molecule has 2 aliphatic rings. The first kappa shape index (κ1) is 18.2. The molecule has 1 N–H and O–H groups in total. The van der Waals surface area contributed by atoms with Gasteiger partial charge in [0.15, 0.2) is 0 Å². The van der Waals surface area contributed by atoms with Gasteiger partial charge in [-0.15, -0.1) is 0 Å². The Morgan fingerprint density at radius 2 is 1.84 bits per heavy atom. The third-order valence-electron chi connectivity index (χ3n) is 5.25. The quantitative estimate of drug-likeness (QED) is 0.849. The maximum Gasteiger partial charge on any atom is 0.495 e. The van der Waals surface area contributed by atoms with E-state index < -0.39 is 24.1 Å². The van der Waals surface area contributed by atoms with Crippen molar-refractivity contribution in [2.24, 2.45) is 0 Å². The summed E-state index contributed by atoms with van der Waals surface area (Å²) in [5.74, 6) is -0.581. The Hall–Kier alpha value is -1.60. The second-order valence-corrected chi connectivity index (χ2v) is 7.82. The number of nitrogens with one attached hydrogen (secondary N) is 1. The average Bonchev–Trinajstić information content (AvgIpc) is 2.65. The van der Waals surface area contributed by atoms with Crippen molar-refractivity contribution >= 4 is 24.2 Å². The lowest BCUT2D eigenvalue weighted by molar-refractivity contribution is -0.114. The molecule has 136 valence electrons. The molecule has 1 aliphatic heterocycles. The van der Waals surface area contributed by atoms with Gasteiger partial charge in [-0.1, -0.05) is 0 Å². The SMILES string of the molecule is CC(=O)Nc1c(F)cc(B2OC(C)(C)C(C)(C)O2)cc1OC1CCC1. The van der Waals surface area contributed by atoms with Gasteiger partial charge in [-0.2, -0.15) is 0 Å². The van der Waals surface area contributed by atoms with Crippen molar-refractivity contribution in [3.63, 3.8) is 0 Å². The maximum atomic E-state index is 14.7. The highest BCUT2D eigenvalue weighted by Gasteiger charge is 2.52. The Kier molecular flexibility index (Phi) is 4.58. The molecule has 1 aromatic rings. The number of hydrogen-bond acceptors (Lipinski definition) is 4. The van der Waals surface area contributed by atoms with Gasteiger partial charge in [-0.25, -0.2) is 4.39 Å². The number of carbonyl (C=O) groups excluding carboxylic acids is 1. The molecular formula is C18H25BFNO4. The summed E-state index contributed by atoms with van der Waals surface area (Å²) in [5.41, 5.74) is -0.418. The monoisotopic (exact) mass is 349 g/mol. The van der Waals surface area contributed by atoms with E-state index in [2.05, 4.69) is 5.32 Å². The summed E-state index contributed by atoms with van der Waals surface area (Å²) >= 11 is 0. The van der Waals surface area contributed by atoms with Crippen LogP contribution in [-0.2, 0) is 14.1 Å². The minimum absolute atomic E-state index is 0.0560. The van der Waals surface area contributed by atoms with Crippen LogP contribution in [0.25, 0.3) is 0 Å². The van der Waals surface area contributed by atoms with Crippen molar-refractivity contribution in [2.45, 2.75) is 71.2 Å². The van der Waals surface area contributed by atoms with Gasteiger partial charge in [0.2, 0.25) is 5.91 Å². The van der Waals surface area contributed by atoms with Gasteiger partial charge in [0, 0.05) is 6.92 Å². The van der Waals surface area contributed by atoms with E-state index in [1.807, 2.05) is 27.7 Å². The molecule has 0 radical (unpaired) electrons. The normalized spacial score (nSPS) is 21.8. The third kappa shape index (κ3) is 3.53. The van der Waals surface area contributed by atoms with Crippen molar-refractivity contribution < 1.29 is 23.2 Å². The van der Waals surface area contributed by atoms with Crippen LogP contribution in [0, 0.1) is 5.82 Å². The molecule has 1 saturated carbocycles. The van der Waals surface area contributed by atoms with E-state index in [1.165, 1.54) is 13.0 Å². The summed E-state index contributed by atoms with van der Waals surface area (Å²) in [5, 5.41) is 2.52. The Morgan fingerprint density at radius 1 is 1.24 bits per heavy atom. The smallest absolute Gasteiger partial charge is 0.488 e. The van der Waals surface area contributed by atoms with Gasteiger partial charge in [0.1, 0.15) is 17.3 Å². The van der Waals surface area contributed by atoms with Crippen molar-refractivity contribution in [2.75, 3.05) is 5.32 Å². The van der Waals surface area contributed by atoms with E-state index in [1.54, 1.807) is 6.07 Å². The summed E-state index contributed by atoms with van der Waals surface area (Å²) in [6, 6.07) is 3.04. The molecule has 1 aliphatic carbocycles. The Labute approximate surface area is 148 Å². The molecule has 0 bridgehead atoms. The Balaban J connectivity index is 1.94. The van der Waals surface area contributed by atoms with Gasteiger partial charge in [0.25, 0.3) is 0 Å². The highest BCUT2D eigenvalue weighted by molar-refractivity contribution is 6.62. The fourth-order valence-corrected chi connectivity index (χ4v) is 2.78. The lowest BCUT2D eigenvalue weighted by atomic mass is 9.78. The number of amides is 1. The zero-order valence-electron chi connectivity index (χ0n) is 15.4. The zero-order valence-corrected chi connectivity index (χ0v) is 15.4. The van der Waals surface area contributed by atoms with Crippen LogP contribution in [0.3, 0.4) is 0 Å². The standard InChI is InChI=1S/C18H25BFNO4/c1-11(22)21-16-14(20)9-12(10-15(16)23-13-7-6-8-13)19-24-17(2,3)18(4,5)25-19/h9-10,13H,6-8H2,1-5H3,(H,21,22). The van der Waals surface area contributed by atoms with E-state index >= 15 is 0 Å². The highest BCUT2D eigenvalue weighted by Crippen LogP contribution is 2.38. The predicted octanol–water partition coefficient (Wildman–Crippen LogP) is 3.01. The molecule has 7 heteroatoms. The van der Waals surface area contributed by atoms with Crippen LogP contribution in [0.4, 0.5) is 10.1 Å². The first-order chi connectivity index (χ1) is 11.6. The predicted molar refractivity (Wildman–Crippen MR) is 94.7 cm³/mol. The summed E-state index contributed by atoms with van der Waals surface area (Å²) in [6.45, 7) is 9.12. The van der Waals surface area contributed by atoms with E-state index in [0.29, 0.717) is 11.2 Å². The molecule has 1 heterocycles. The number of carbonyl (C=O) groups is 1. The lowest BCUT2D eigenvalue weighted by Crippen LogP contribution is -2.41. The molecule has 0 atom stereocenters. The Bertz CT molecular complexity index is 672. The minimum Gasteiger partial charge on any atom is -0.488 e. The molecule has 0 unspecified atom stereocenters. The summed E-state index contributed by atoms with van der Waals surface area (Å²) in [4.78, 5) is 11.4. The first-order valence-electron chi connectivity index (χ1n) is 8.72. The van der Waals surface area contributed by atoms with Crippen LogP contribution in [0.2, 0.25) is 0 Å². The van der Waals surface area contributed by atoms with Gasteiger partial charge in [0.05, 0.1) is 17.3 Å². The molecule has 1 aromatic carbocycles. The first-order valence-corrected chi connectivity index (χ1v) is 8.72. The topological polar surface area (TPSA) is 56.8 Å². The van der Waals surface area contributed by atoms with Crippen LogP contribution < -0.4 is 15.5 Å². The molecule has 3 rings (SSSR count). The Morgan fingerprint density at radius 3 is 2.32 bits per heavy atom. The number of benzene rings is 1. The van der Waals surface area contributed by atoms with E-state index in [9.17, 15) is 9.18 Å². The van der Waals surface area contributed by atoms with Crippen molar-refractivity contribution in [1.82, 2.24) is 0 Å². The summed E-state index contributed by atoms with van der Waals surface area (Å²) < 4.78 is 32.6. The molecule has 0 aromatic heterocycles. The van der Waals surface area contributed by atoms with Crippen molar-refractivity contribution in [3.05, 3.63) is 17.9 Å². The van der Waals surface area contributed by atoms with E-state index in [-0.39, 0.29) is 17.7 Å². The van der Waals surface area contributed by atoms with Gasteiger partial charge in [-0.05, 0) is 64.6 Å².